The van der Waals surface area contributed by atoms with Crippen LogP contribution in [0, 0.1) is 0 Å². The smallest absolute Gasteiger partial charge is 0.325 e. The molecule has 0 aliphatic heterocycles. The molecule has 1 aromatic rings. The summed E-state index contributed by atoms with van der Waals surface area (Å²) in [6, 6.07) is 7.25. The number of carbonyl (C=O) groups is 2. The minimum absolute atomic E-state index is 0.0188. The third kappa shape index (κ3) is 5.55. The van der Waals surface area contributed by atoms with Crippen molar-refractivity contribution in [2.24, 2.45) is 0 Å². The fourth-order valence-corrected chi connectivity index (χ4v) is 2.03. The lowest BCUT2D eigenvalue weighted by Gasteiger charge is -2.21. The summed E-state index contributed by atoms with van der Waals surface area (Å²) in [5.74, 6) is -0.546. The van der Waals surface area contributed by atoms with Crippen molar-refractivity contribution < 1.29 is 19.1 Å². The number of benzene rings is 1. The van der Waals surface area contributed by atoms with Crippen molar-refractivity contribution in [2.75, 3.05) is 26.8 Å². The number of ether oxygens (including phenoxy) is 2. The van der Waals surface area contributed by atoms with Gasteiger partial charge in [0.25, 0.3) is 5.91 Å². The Balaban J connectivity index is 2.84. The van der Waals surface area contributed by atoms with Gasteiger partial charge in [0.15, 0.2) is 0 Å². The molecule has 0 saturated carbocycles. The van der Waals surface area contributed by atoms with E-state index in [9.17, 15) is 9.59 Å². The molecule has 0 fully saturated rings. The zero-order valence-electron chi connectivity index (χ0n) is 12.9. The third-order valence-electron chi connectivity index (χ3n) is 2.89. The third-order valence-corrected chi connectivity index (χ3v) is 2.89. The molecule has 0 aromatic heterocycles. The van der Waals surface area contributed by atoms with E-state index in [1.807, 2.05) is 19.1 Å². The first-order chi connectivity index (χ1) is 10.1. The van der Waals surface area contributed by atoms with E-state index in [4.69, 9.17) is 9.47 Å². The van der Waals surface area contributed by atoms with Gasteiger partial charge >= 0.3 is 5.97 Å². The van der Waals surface area contributed by atoms with E-state index < -0.39 is 0 Å². The van der Waals surface area contributed by atoms with Gasteiger partial charge in [-0.15, -0.1) is 0 Å². The Bertz CT molecular complexity index is 473. The van der Waals surface area contributed by atoms with Gasteiger partial charge in [0.2, 0.25) is 0 Å². The zero-order valence-corrected chi connectivity index (χ0v) is 12.9. The molecule has 5 nitrogen and oxygen atoms in total. The molecule has 1 amide bonds. The monoisotopic (exact) mass is 293 g/mol. The molecule has 21 heavy (non-hydrogen) atoms. The number of amides is 1. The van der Waals surface area contributed by atoms with Crippen LogP contribution in [0.2, 0.25) is 0 Å². The average Bonchev–Trinajstić information content (AvgIpc) is 2.47. The maximum atomic E-state index is 12.5. The number of carbonyl (C=O) groups excluding carboxylic acids is 2. The fourth-order valence-electron chi connectivity index (χ4n) is 2.03. The Morgan fingerprint density at radius 2 is 2.00 bits per heavy atom. The summed E-state index contributed by atoms with van der Waals surface area (Å²) in [6.45, 7) is 4.98. The Morgan fingerprint density at radius 1 is 1.24 bits per heavy atom. The highest BCUT2D eigenvalue weighted by molar-refractivity contribution is 5.96. The first-order valence-electron chi connectivity index (χ1n) is 7.15. The fraction of sp³-hybridized carbons (Fsp3) is 0.500. The quantitative estimate of drug-likeness (QED) is 0.690. The van der Waals surface area contributed by atoms with Crippen molar-refractivity contribution in [1.29, 1.82) is 0 Å². The number of hydrogen-bond acceptors (Lipinski definition) is 4. The maximum Gasteiger partial charge on any atom is 0.325 e. The summed E-state index contributed by atoms with van der Waals surface area (Å²) in [5.41, 5.74) is 1.48. The number of rotatable bonds is 8. The van der Waals surface area contributed by atoms with E-state index in [0.29, 0.717) is 25.3 Å². The van der Waals surface area contributed by atoms with Gasteiger partial charge < -0.3 is 14.4 Å². The lowest BCUT2D eigenvalue weighted by atomic mass is 10.1. The molecule has 0 atom stereocenters. The standard InChI is InChI=1S/C16H23NO4/c1-4-9-17(11-15(18)21-5-2)16(19)14-8-6-7-13(10-14)12-20-3/h6-8,10H,4-5,9,11-12H2,1-3H3. The molecule has 1 aromatic carbocycles. The molecule has 0 aliphatic rings. The summed E-state index contributed by atoms with van der Waals surface area (Å²) in [5, 5.41) is 0. The van der Waals surface area contributed by atoms with Gasteiger partial charge in [-0.25, -0.2) is 0 Å². The molecule has 0 spiro atoms. The molecule has 0 bridgehead atoms. The highest BCUT2D eigenvalue weighted by Crippen LogP contribution is 2.10. The van der Waals surface area contributed by atoms with Gasteiger partial charge in [-0.05, 0) is 31.0 Å². The number of methoxy groups -OCH3 is 1. The maximum absolute atomic E-state index is 12.5. The highest BCUT2D eigenvalue weighted by Gasteiger charge is 2.19. The van der Waals surface area contributed by atoms with Crippen LogP contribution in [0.1, 0.15) is 36.2 Å². The minimum atomic E-state index is -0.382. The van der Waals surface area contributed by atoms with E-state index >= 15 is 0 Å². The topological polar surface area (TPSA) is 55.8 Å². The molecule has 0 saturated heterocycles. The second kappa shape index (κ2) is 9.13. The van der Waals surface area contributed by atoms with Crippen LogP contribution >= 0.6 is 0 Å². The Morgan fingerprint density at radius 3 is 2.62 bits per heavy atom. The van der Waals surface area contributed by atoms with E-state index in [1.165, 1.54) is 4.90 Å². The van der Waals surface area contributed by atoms with Gasteiger partial charge in [-0.3, -0.25) is 9.59 Å². The van der Waals surface area contributed by atoms with Gasteiger partial charge in [0.1, 0.15) is 6.54 Å². The van der Waals surface area contributed by atoms with Gasteiger partial charge in [0.05, 0.1) is 13.2 Å². The van der Waals surface area contributed by atoms with Crippen molar-refractivity contribution in [2.45, 2.75) is 26.9 Å². The predicted octanol–water partition coefficient (Wildman–Crippen LogP) is 2.25. The van der Waals surface area contributed by atoms with Crippen LogP contribution < -0.4 is 0 Å². The van der Waals surface area contributed by atoms with Crippen molar-refractivity contribution in [1.82, 2.24) is 4.90 Å². The lowest BCUT2D eigenvalue weighted by molar-refractivity contribution is -0.143. The molecule has 1 rings (SSSR count). The van der Waals surface area contributed by atoms with Crippen LogP contribution in [0.25, 0.3) is 0 Å². The molecule has 116 valence electrons. The molecule has 0 N–H and O–H groups in total. The average molecular weight is 293 g/mol. The molecule has 0 radical (unpaired) electrons. The van der Waals surface area contributed by atoms with Crippen molar-refractivity contribution in [3.05, 3.63) is 35.4 Å². The first-order valence-corrected chi connectivity index (χ1v) is 7.15. The van der Waals surface area contributed by atoms with Gasteiger partial charge in [0, 0.05) is 19.2 Å². The Kier molecular flexibility index (Phi) is 7.46. The van der Waals surface area contributed by atoms with Crippen molar-refractivity contribution >= 4 is 11.9 Å². The summed E-state index contributed by atoms with van der Waals surface area (Å²) in [4.78, 5) is 25.6. The second-order valence-electron chi connectivity index (χ2n) is 4.67. The zero-order chi connectivity index (χ0) is 15.7. The van der Waals surface area contributed by atoms with Crippen LogP contribution in [0.5, 0.6) is 0 Å². The highest BCUT2D eigenvalue weighted by atomic mass is 16.5. The second-order valence-corrected chi connectivity index (χ2v) is 4.67. The van der Waals surface area contributed by atoms with Gasteiger partial charge in [-0.1, -0.05) is 19.1 Å². The van der Waals surface area contributed by atoms with E-state index in [1.54, 1.807) is 26.2 Å². The van der Waals surface area contributed by atoms with Crippen LogP contribution in [-0.4, -0.2) is 43.6 Å². The number of nitrogens with zero attached hydrogens (tertiary/aromatic N) is 1. The SMILES string of the molecule is CCCN(CC(=O)OCC)C(=O)c1cccc(COC)c1. The summed E-state index contributed by atoms with van der Waals surface area (Å²) in [6.07, 6.45) is 0.781. The largest absolute Gasteiger partial charge is 0.465 e. The normalized spacial score (nSPS) is 10.2. The van der Waals surface area contributed by atoms with Gasteiger partial charge in [-0.2, -0.15) is 0 Å². The van der Waals surface area contributed by atoms with Crippen molar-refractivity contribution in [3.63, 3.8) is 0 Å². The summed E-state index contributed by atoms with van der Waals surface area (Å²) >= 11 is 0. The Labute approximate surface area is 125 Å². The molecular formula is C16H23NO4. The van der Waals surface area contributed by atoms with Crippen LogP contribution in [0.3, 0.4) is 0 Å². The summed E-state index contributed by atoms with van der Waals surface area (Å²) < 4.78 is 9.98. The van der Waals surface area contributed by atoms with Crippen LogP contribution in [0.4, 0.5) is 0 Å². The van der Waals surface area contributed by atoms with E-state index in [2.05, 4.69) is 0 Å². The van der Waals surface area contributed by atoms with E-state index in [-0.39, 0.29) is 18.4 Å². The van der Waals surface area contributed by atoms with Crippen molar-refractivity contribution in [3.8, 4) is 0 Å². The molecular weight excluding hydrogens is 270 g/mol. The number of esters is 1. The minimum Gasteiger partial charge on any atom is -0.465 e. The molecule has 0 aliphatic carbocycles. The van der Waals surface area contributed by atoms with E-state index in [0.717, 1.165) is 12.0 Å². The Hall–Kier alpha value is -1.88. The lowest BCUT2D eigenvalue weighted by Crippen LogP contribution is -2.37. The molecule has 5 heteroatoms. The first kappa shape index (κ1) is 17.2. The van der Waals surface area contributed by atoms with Crippen LogP contribution in [-0.2, 0) is 20.9 Å². The molecule has 0 unspecified atom stereocenters. The van der Waals surface area contributed by atoms with Crippen LogP contribution in [0.15, 0.2) is 24.3 Å². The summed E-state index contributed by atoms with van der Waals surface area (Å²) in [7, 11) is 1.61. The molecule has 0 heterocycles. The predicted molar refractivity (Wildman–Crippen MR) is 80.0 cm³/mol. The number of hydrogen-bond donors (Lipinski definition) is 0.